The molecule has 0 aromatic carbocycles. The summed E-state index contributed by atoms with van der Waals surface area (Å²) in [7, 11) is -1.52. The highest BCUT2D eigenvalue weighted by molar-refractivity contribution is 7.90. The summed E-state index contributed by atoms with van der Waals surface area (Å²) in [5, 5.41) is 5.54. The average Bonchev–Trinajstić information content (AvgIpc) is 3.31. The SMILES string of the molecule is COc1ccncc1-c1cc2c(cnn2-c2cc(N3C[C@H](CS(C)(=O)=O)[C@H]3C)cc(N3CCCC(F)(F)CC3)n2)c(C)n1. The fraction of sp³-hybridized carbons (Fsp3) is 0.467. The van der Waals surface area contributed by atoms with Gasteiger partial charge in [-0.1, -0.05) is 0 Å². The van der Waals surface area contributed by atoms with Gasteiger partial charge in [0.2, 0.25) is 5.92 Å². The molecule has 43 heavy (non-hydrogen) atoms. The topological polar surface area (TPSA) is 106 Å². The summed E-state index contributed by atoms with van der Waals surface area (Å²) in [6, 6.07) is 7.53. The van der Waals surface area contributed by atoms with Crippen molar-refractivity contribution >= 4 is 32.2 Å². The van der Waals surface area contributed by atoms with Gasteiger partial charge in [-0.05, 0) is 32.4 Å². The number of ether oxygens (including phenoxy) is 1. The summed E-state index contributed by atoms with van der Waals surface area (Å²) < 4.78 is 59.8. The largest absolute Gasteiger partial charge is 0.496 e. The second kappa shape index (κ2) is 11.0. The molecule has 4 aromatic heterocycles. The van der Waals surface area contributed by atoms with Gasteiger partial charge in [0, 0.05) is 92.0 Å². The normalized spacial score (nSPS) is 20.6. The van der Waals surface area contributed by atoms with Crippen molar-refractivity contribution in [3.05, 3.63) is 48.5 Å². The van der Waals surface area contributed by atoms with Gasteiger partial charge in [0.15, 0.2) is 5.82 Å². The van der Waals surface area contributed by atoms with E-state index in [-0.39, 0.29) is 37.1 Å². The maximum Gasteiger partial charge on any atom is 0.249 e. The summed E-state index contributed by atoms with van der Waals surface area (Å²) in [6.45, 7) is 5.14. The Labute approximate surface area is 249 Å². The number of rotatable bonds is 7. The summed E-state index contributed by atoms with van der Waals surface area (Å²) in [6.07, 6.45) is 6.34. The monoisotopic (exact) mass is 611 g/mol. The molecule has 13 heteroatoms. The highest BCUT2D eigenvalue weighted by Crippen LogP contribution is 2.37. The average molecular weight is 612 g/mol. The molecule has 2 fully saturated rings. The predicted molar refractivity (Wildman–Crippen MR) is 162 cm³/mol. The van der Waals surface area contributed by atoms with Crippen LogP contribution < -0.4 is 14.5 Å². The summed E-state index contributed by atoms with van der Waals surface area (Å²) in [5.74, 6) is -0.814. The van der Waals surface area contributed by atoms with E-state index in [4.69, 9.17) is 14.7 Å². The Hall–Kier alpha value is -3.87. The van der Waals surface area contributed by atoms with Crippen LogP contribution in [-0.2, 0) is 9.84 Å². The van der Waals surface area contributed by atoms with E-state index in [0.29, 0.717) is 42.6 Å². The molecule has 0 unspecified atom stereocenters. The van der Waals surface area contributed by atoms with Crippen LogP contribution in [0.15, 0.2) is 42.9 Å². The number of halogens is 2. The summed E-state index contributed by atoms with van der Waals surface area (Å²) >= 11 is 0. The lowest BCUT2D eigenvalue weighted by molar-refractivity contribution is -0.0102. The van der Waals surface area contributed by atoms with E-state index in [1.807, 2.05) is 36.9 Å². The van der Waals surface area contributed by atoms with Crippen LogP contribution in [0.25, 0.3) is 28.0 Å². The zero-order chi connectivity index (χ0) is 30.5. The van der Waals surface area contributed by atoms with E-state index in [9.17, 15) is 17.2 Å². The van der Waals surface area contributed by atoms with E-state index in [0.717, 1.165) is 27.8 Å². The molecule has 2 aliphatic rings. The lowest BCUT2D eigenvalue weighted by Crippen LogP contribution is -2.57. The van der Waals surface area contributed by atoms with Gasteiger partial charge in [-0.2, -0.15) is 5.10 Å². The van der Waals surface area contributed by atoms with Gasteiger partial charge in [0.25, 0.3) is 0 Å². The van der Waals surface area contributed by atoms with Crippen LogP contribution in [0.5, 0.6) is 5.75 Å². The second-order valence-corrected chi connectivity index (χ2v) is 13.8. The van der Waals surface area contributed by atoms with Crippen molar-refractivity contribution in [2.45, 2.75) is 45.1 Å². The minimum absolute atomic E-state index is 0.00298. The molecule has 0 aliphatic carbocycles. The maximum absolute atomic E-state index is 14.3. The molecule has 0 spiro atoms. The first kappa shape index (κ1) is 29.2. The van der Waals surface area contributed by atoms with Crippen molar-refractivity contribution in [3.8, 4) is 22.8 Å². The molecular formula is C30H35F2N7O3S. The molecule has 0 radical (unpaired) electrons. The van der Waals surface area contributed by atoms with E-state index in [1.165, 1.54) is 6.26 Å². The fourth-order valence-electron chi connectivity index (χ4n) is 6.08. The van der Waals surface area contributed by atoms with E-state index < -0.39 is 15.8 Å². The molecule has 6 rings (SSSR count). The number of fused-ring (bicyclic) bond motifs is 1. The van der Waals surface area contributed by atoms with Crippen LogP contribution in [0.2, 0.25) is 0 Å². The minimum atomic E-state index is -3.12. The first-order valence-electron chi connectivity index (χ1n) is 14.4. The number of nitrogens with zero attached hydrogens (tertiary/aromatic N) is 7. The van der Waals surface area contributed by atoms with Gasteiger partial charge >= 0.3 is 0 Å². The fourth-order valence-corrected chi connectivity index (χ4v) is 7.24. The molecule has 2 atom stereocenters. The van der Waals surface area contributed by atoms with Gasteiger partial charge in [-0.3, -0.25) is 9.97 Å². The van der Waals surface area contributed by atoms with Crippen LogP contribution in [0.1, 0.15) is 31.9 Å². The van der Waals surface area contributed by atoms with Gasteiger partial charge in [0.1, 0.15) is 21.4 Å². The van der Waals surface area contributed by atoms with Crippen LogP contribution in [0.4, 0.5) is 20.3 Å². The molecule has 2 saturated heterocycles. The molecule has 0 N–H and O–H groups in total. The third-order valence-electron chi connectivity index (χ3n) is 8.53. The number of pyridine rings is 3. The molecular weight excluding hydrogens is 576 g/mol. The number of alkyl halides is 2. The van der Waals surface area contributed by atoms with Gasteiger partial charge < -0.3 is 14.5 Å². The number of methoxy groups -OCH3 is 1. The quantitative estimate of drug-likeness (QED) is 0.294. The molecule has 0 amide bonds. The van der Waals surface area contributed by atoms with Gasteiger partial charge in [0.05, 0.1) is 35.8 Å². The molecule has 10 nitrogen and oxygen atoms in total. The van der Waals surface area contributed by atoms with Crippen molar-refractivity contribution in [2.24, 2.45) is 5.92 Å². The lowest BCUT2D eigenvalue weighted by atomic mass is 9.91. The zero-order valence-corrected chi connectivity index (χ0v) is 25.5. The molecule has 2 aliphatic heterocycles. The molecule has 0 bridgehead atoms. The summed E-state index contributed by atoms with van der Waals surface area (Å²) in [4.78, 5) is 18.0. The number of hydrogen-bond acceptors (Lipinski definition) is 9. The Bertz CT molecular complexity index is 1780. The smallest absolute Gasteiger partial charge is 0.249 e. The Kier molecular flexibility index (Phi) is 7.47. The van der Waals surface area contributed by atoms with E-state index in [1.54, 1.807) is 36.4 Å². The highest BCUT2D eigenvalue weighted by Gasteiger charge is 2.38. The first-order valence-corrected chi connectivity index (χ1v) is 16.4. The second-order valence-electron chi connectivity index (χ2n) is 11.6. The molecule has 6 heterocycles. The summed E-state index contributed by atoms with van der Waals surface area (Å²) in [5.41, 5.74) is 3.80. The van der Waals surface area contributed by atoms with Crippen LogP contribution in [0, 0.1) is 12.8 Å². The third kappa shape index (κ3) is 5.86. The lowest BCUT2D eigenvalue weighted by Gasteiger charge is -2.48. The third-order valence-corrected chi connectivity index (χ3v) is 9.56. The maximum atomic E-state index is 14.3. The van der Waals surface area contributed by atoms with Crippen molar-refractivity contribution in [1.29, 1.82) is 0 Å². The minimum Gasteiger partial charge on any atom is -0.496 e. The van der Waals surface area contributed by atoms with Crippen LogP contribution in [-0.4, -0.2) is 83.9 Å². The Morgan fingerprint density at radius 3 is 2.63 bits per heavy atom. The molecule has 228 valence electrons. The highest BCUT2D eigenvalue weighted by atomic mass is 32.2. The number of sulfone groups is 1. The predicted octanol–water partition coefficient (Wildman–Crippen LogP) is 4.69. The number of aryl methyl sites for hydroxylation is 1. The zero-order valence-electron chi connectivity index (χ0n) is 24.7. The number of aromatic nitrogens is 5. The Morgan fingerprint density at radius 1 is 1.09 bits per heavy atom. The Morgan fingerprint density at radius 2 is 1.88 bits per heavy atom. The van der Waals surface area contributed by atoms with Crippen molar-refractivity contribution in [1.82, 2.24) is 24.7 Å². The Balaban J connectivity index is 1.45. The van der Waals surface area contributed by atoms with Crippen LogP contribution >= 0.6 is 0 Å². The van der Waals surface area contributed by atoms with Gasteiger partial charge in [-0.25, -0.2) is 26.9 Å². The van der Waals surface area contributed by atoms with Crippen LogP contribution in [0.3, 0.4) is 0 Å². The molecule has 0 saturated carbocycles. The standard InChI is InChI=1S/C30H35F2N7O3S/c1-19-23-16-34-39(26(23)14-25(35-19)24-15-33-9-6-27(24)42-3)29-13-22(38-17-21(20(38)2)18-43(4,40)41)12-28(36-29)37-10-5-7-30(31,32)8-11-37/h6,9,12-16,20-21H,5,7-8,10-11,17-18H2,1-4H3/t20-,21-/m1/s1. The van der Waals surface area contributed by atoms with Crippen molar-refractivity contribution in [2.75, 3.05) is 48.6 Å². The van der Waals surface area contributed by atoms with Crippen molar-refractivity contribution in [3.63, 3.8) is 0 Å². The first-order chi connectivity index (χ1) is 20.4. The molecule has 4 aromatic rings. The van der Waals surface area contributed by atoms with E-state index >= 15 is 0 Å². The van der Waals surface area contributed by atoms with E-state index in [2.05, 4.69) is 15.0 Å². The van der Waals surface area contributed by atoms with Crippen molar-refractivity contribution < 1.29 is 21.9 Å². The number of anilines is 2. The van der Waals surface area contributed by atoms with Gasteiger partial charge in [-0.15, -0.1) is 0 Å². The number of hydrogen-bond donors (Lipinski definition) is 0.